The molecule has 0 aromatic rings. The highest BCUT2D eigenvalue weighted by atomic mass is 16.5. The predicted octanol–water partition coefficient (Wildman–Crippen LogP) is 14.3. The summed E-state index contributed by atoms with van der Waals surface area (Å²) in [5, 5.41) is 23.7. The lowest BCUT2D eigenvalue weighted by molar-refractivity contribution is -0.151. The van der Waals surface area contributed by atoms with E-state index >= 15 is 0 Å². The van der Waals surface area contributed by atoms with Crippen molar-refractivity contribution in [3.63, 3.8) is 0 Å². The van der Waals surface area contributed by atoms with E-state index in [1.54, 1.807) is 0 Å². The molecule has 332 valence electrons. The molecule has 0 aliphatic heterocycles. The van der Waals surface area contributed by atoms with Crippen LogP contribution in [0.2, 0.25) is 0 Å². The smallest absolute Gasteiger partial charge is 0.306 e. The first-order valence-corrected chi connectivity index (χ1v) is 24.4. The molecular weight excluding hydrogens is 707 g/mol. The topological polar surface area (TPSA) is 95.9 Å². The van der Waals surface area contributed by atoms with Crippen LogP contribution in [0, 0.1) is 0 Å². The number of hydrogen-bond donors (Lipinski definition) is 3. The van der Waals surface area contributed by atoms with Gasteiger partial charge in [0.05, 0.1) is 25.2 Å². The Labute approximate surface area is 353 Å². The fraction of sp³-hybridized carbons (Fsp3) is 0.804. The number of hydrogen-bond acceptors (Lipinski definition) is 5. The lowest BCUT2D eigenvalue weighted by Crippen LogP contribution is -2.46. The summed E-state index contributed by atoms with van der Waals surface area (Å²) >= 11 is 0. The number of rotatable bonds is 43. The molecule has 0 fully saturated rings. The highest BCUT2D eigenvalue weighted by Crippen LogP contribution is 2.17. The maximum atomic E-state index is 13.2. The Morgan fingerprint density at radius 1 is 0.544 bits per heavy atom. The molecule has 6 nitrogen and oxygen atoms in total. The van der Waals surface area contributed by atoms with E-state index < -0.39 is 18.2 Å². The van der Waals surface area contributed by atoms with Crippen molar-refractivity contribution in [2.24, 2.45) is 0 Å². The average molecular weight is 800 g/mol. The van der Waals surface area contributed by atoms with Crippen LogP contribution in [-0.2, 0) is 14.3 Å². The highest BCUT2D eigenvalue weighted by Gasteiger charge is 2.24. The largest absolute Gasteiger partial charge is 0.462 e. The van der Waals surface area contributed by atoms with Gasteiger partial charge in [0.1, 0.15) is 6.10 Å². The lowest BCUT2D eigenvalue weighted by atomic mass is 10.0. The van der Waals surface area contributed by atoms with Crippen molar-refractivity contribution in [3.05, 3.63) is 48.6 Å². The number of carbonyl (C=O) groups excluding carboxylic acids is 2. The van der Waals surface area contributed by atoms with Crippen molar-refractivity contribution < 1.29 is 24.5 Å². The molecule has 3 N–H and O–H groups in total. The van der Waals surface area contributed by atoms with Gasteiger partial charge in [-0.3, -0.25) is 9.59 Å². The molecule has 0 bridgehead atoms. The molecule has 0 saturated heterocycles. The van der Waals surface area contributed by atoms with Gasteiger partial charge in [0.25, 0.3) is 0 Å². The SMILES string of the molecule is CC/C=C/C/C=C/CCCCCCCCCC(=O)OC(CCCCCC/C=C/C=C/CCCCC)CC(=O)NC(CO)C(O)CCCCCCCCCCCCC. The van der Waals surface area contributed by atoms with E-state index in [2.05, 4.69) is 74.7 Å². The standard InChI is InChI=1S/C51H93NO5/c1-4-7-10-13-16-19-22-24-26-29-32-35-38-41-44-51(56)57-47(42-39-36-33-30-28-25-23-20-17-14-11-8-5-2)45-50(55)52-48(46-53)49(54)43-40-37-34-31-27-21-18-15-12-9-6-3/h7,10,16-17,19-20,23,25,47-49,53-54H,4-6,8-9,11-15,18,21-22,24,26-46H2,1-3H3,(H,52,55)/b10-7+,19-16+,20-17+,25-23+. The molecule has 3 unspecified atom stereocenters. The fourth-order valence-electron chi connectivity index (χ4n) is 7.22. The summed E-state index contributed by atoms with van der Waals surface area (Å²) in [5.74, 6) is -0.502. The Morgan fingerprint density at radius 3 is 1.56 bits per heavy atom. The van der Waals surface area contributed by atoms with Crippen LogP contribution < -0.4 is 5.32 Å². The van der Waals surface area contributed by atoms with E-state index in [0.29, 0.717) is 19.3 Å². The van der Waals surface area contributed by atoms with E-state index in [4.69, 9.17) is 4.74 Å². The van der Waals surface area contributed by atoms with Crippen LogP contribution in [0.1, 0.15) is 239 Å². The van der Waals surface area contributed by atoms with Crippen LogP contribution in [0.3, 0.4) is 0 Å². The molecule has 1 amide bonds. The second-order valence-corrected chi connectivity index (χ2v) is 16.5. The normalized spacial score (nSPS) is 13.7. The molecule has 0 saturated carbocycles. The minimum Gasteiger partial charge on any atom is -0.462 e. The molecular formula is C51H93NO5. The van der Waals surface area contributed by atoms with Gasteiger partial charge in [-0.2, -0.15) is 0 Å². The van der Waals surface area contributed by atoms with Gasteiger partial charge in [-0.25, -0.2) is 0 Å². The molecule has 0 aromatic heterocycles. The Kier molecular flexibility index (Phi) is 43.2. The lowest BCUT2D eigenvalue weighted by Gasteiger charge is -2.24. The minimum absolute atomic E-state index is 0.0609. The van der Waals surface area contributed by atoms with E-state index in [9.17, 15) is 19.8 Å². The highest BCUT2D eigenvalue weighted by molar-refractivity contribution is 5.77. The van der Waals surface area contributed by atoms with E-state index in [1.165, 1.54) is 96.3 Å². The number of ether oxygens (including phenoxy) is 1. The number of unbranched alkanes of at least 4 members (excludes halogenated alkanes) is 24. The molecule has 0 radical (unpaired) electrons. The van der Waals surface area contributed by atoms with Crippen LogP contribution >= 0.6 is 0 Å². The van der Waals surface area contributed by atoms with Gasteiger partial charge < -0.3 is 20.3 Å². The minimum atomic E-state index is -0.793. The Hall–Kier alpha value is -2.18. The zero-order chi connectivity index (χ0) is 41.7. The van der Waals surface area contributed by atoms with Crippen molar-refractivity contribution in [1.82, 2.24) is 5.32 Å². The van der Waals surface area contributed by atoms with E-state index in [1.807, 2.05) is 0 Å². The molecule has 3 atom stereocenters. The maximum absolute atomic E-state index is 13.2. The molecule has 57 heavy (non-hydrogen) atoms. The number of nitrogens with one attached hydrogen (secondary N) is 1. The van der Waals surface area contributed by atoms with Crippen molar-refractivity contribution in [2.75, 3.05) is 6.61 Å². The quantitative estimate of drug-likeness (QED) is 0.0247. The third-order valence-electron chi connectivity index (χ3n) is 10.9. The van der Waals surface area contributed by atoms with E-state index in [0.717, 1.165) is 96.3 Å². The summed E-state index contributed by atoms with van der Waals surface area (Å²) in [4.78, 5) is 26.1. The summed E-state index contributed by atoms with van der Waals surface area (Å²) < 4.78 is 5.91. The van der Waals surface area contributed by atoms with Crippen molar-refractivity contribution in [1.29, 1.82) is 0 Å². The van der Waals surface area contributed by atoms with Gasteiger partial charge >= 0.3 is 5.97 Å². The summed E-state index contributed by atoms with van der Waals surface area (Å²) in [6.07, 6.45) is 53.1. The zero-order valence-corrected chi connectivity index (χ0v) is 37.7. The number of allylic oxidation sites excluding steroid dienone is 8. The van der Waals surface area contributed by atoms with Crippen molar-refractivity contribution in [2.45, 2.75) is 257 Å². The molecule has 0 aliphatic carbocycles. The van der Waals surface area contributed by atoms with Gasteiger partial charge in [0.15, 0.2) is 0 Å². The summed E-state index contributed by atoms with van der Waals surface area (Å²) in [6.45, 7) is 6.33. The Morgan fingerprint density at radius 2 is 1.00 bits per heavy atom. The monoisotopic (exact) mass is 800 g/mol. The van der Waals surface area contributed by atoms with Crippen LogP contribution in [0.15, 0.2) is 48.6 Å². The second kappa shape index (κ2) is 44.9. The van der Waals surface area contributed by atoms with Crippen molar-refractivity contribution in [3.8, 4) is 0 Å². The molecule has 0 aliphatic rings. The predicted molar refractivity (Wildman–Crippen MR) is 245 cm³/mol. The van der Waals surface area contributed by atoms with Crippen LogP contribution in [0.25, 0.3) is 0 Å². The number of aliphatic hydroxyl groups is 2. The Bertz CT molecular complexity index is 988. The maximum Gasteiger partial charge on any atom is 0.306 e. The number of carbonyl (C=O) groups is 2. The third-order valence-corrected chi connectivity index (χ3v) is 10.9. The molecule has 0 rings (SSSR count). The molecule has 0 spiro atoms. The molecule has 6 heteroatoms. The van der Waals surface area contributed by atoms with Crippen LogP contribution in [0.5, 0.6) is 0 Å². The second-order valence-electron chi connectivity index (χ2n) is 16.5. The Balaban J connectivity index is 4.63. The van der Waals surface area contributed by atoms with Gasteiger partial charge in [-0.1, -0.05) is 198 Å². The first kappa shape index (κ1) is 54.8. The molecule has 0 heterocycles. The van der Waals surface area contributed by atoms with Crippen molar-refractivity contribution >= 4 is 11.9 Å². The van der Waals surface area contributed by atoms with Gasteiger partial charge in [0.2, 0.25) is 5.91 Å². The average Bonchev–Trinajstić information content (AvgIpc) is 3.20. The first-order chi connectivity index (χ1) is 28.0. The van der Waals surface area contributed by atoms with Gasteiger partial charge in [0, 0.05) is 6.42 Å². The van der Waals surface area contributed by atoms with Crippen LogP contribution in [0.4, 0.5) is 0 Å². The summed E-state index contributed by atoms with van der Waals surface area (Å²) in [6, 6.07) is -0.708. The fourth-order valence-corrected chi connectivity index (χ4v) is 7.22. The number of aliphatic hydroxyl groups excluding tert-OH is 2. The zero-order valence-electron chi connectivity index (χ0n) is 37.7. The number of esters is 1. The summed E-state index contributed by atoms with van der Waals surface area (Å²) in [7, 11) is 0. The van der Waals surface area contributed by atoms with Gasteiger partial charge in [-0.05, 0) is 77.0 Å². The molecule has 0 aromatic carbocycles. The summed E-state index contributed by atoms with van der Waals surface area (Å²) in [5.41, 5.74) is 0. The first-order valence-electron chi connectivity index (χ1n) is 24.4. The van der Waals surface area contributed by atoms with Crippen LogP contribution in [-0.4, -0.2) is 46.9 Å². The van der Waals surface area contributed by atoms with E-state index in [-0.39, 0.29) is 24.9 Å². The number of amides is 1. The third kappa shape index (κ3) is 40.4. The van der Waals surface area contributed by atoms with Gasteiger partial charge in [-0.15, -0.1) is 0 Å².